The van der Waals surface area contributed by atoms with Crippen molar-refractivity contribution in [1.29, 1.82) is 0 Å². The number of hydrogen-bond donors (Lipinski definition) is 1. The minimum atomic E-state index is -0.478. The lowest BCUT2D eigenvalue weighted by Crippen LogP contribution is -2.39. The van der Waals surface area contributed by atoms with Crippen LogP contribution in [0.25, 0.3) is 11.3 Å². The SMILES string of the molecule is COc1cc(-c2onc(N(C)C)c2C(=O)N(C)CC2CCCNC2)ccc1F.Cl. The molecule has 1 aliphatic rings. The minimum absolute atomic E-state index is 0. The van der Waals surface area contributed by atoms with E-state index in [1.54, 1.807) is 37.0 Å². The van der Waals surface area contributed by atoms with Crippen molar-refractivity contribution in [2.24, 2.45) is 5.92 Å². The van der Waals surface area contributed by atoms with Crippen LogP contribution in [0, 0.1) is 11.7 Å². The third-order valence-corrected chi connectivity index (χ3v) is 5.00. The van der Waals surface area contributed by atoms with E-state index in [1.165, 1.54) is 19.2 Å². The molecule has 9 heteroatoms. The molecule has 160 valence electrons. The monoisotopic (exact) mass is 426 g/mol. The smallest absolute Gasteiger partial charge is 0.261 e. The van der Waals surface area contributed by atoms with Gasteiger partial charge in [0, 0.05) is 33.3 Å². The predicted octanol–water partition coefficient (Wildman–Crippen LogP) is 3.05. The number of anilines is 1. The topological polar surface area (TPSA) is 70.8 Å². The van der Waals surface area contributed by atoms with E-state index in [0.29, 0.717) is 35.2 Å². The van der Waals surface area contributed by atoms with Gasteiger partial charge in [-0.15, -0.1) is 12.4 Å². The predicted molar refractivity (Wildman–Crippen MR) is 113 cm³/mol. The lowest BCUT2D eigenvalue weighted by Gasteiger charge is -2.28. The zero-order valence-electron chi connectivity index (χ0n) is 17.2. The van der Waals surface area contributed by atoms with Crippen molar-refractivity contribution in [2.75, 3.05) is 52.8 Å². The van der Waals surface area contributed by atoms with Crippen molar-refractivity contribution in [1.82, 2.24) is 15.4 Å². The second-order valence-corrected chi connectivity index (χ2v) is 7.35. The van der Waals surface area contributed by atoms with Gasteiger partial charge in [0.15, 0.2) is 23.1 Å². The maximum atomic E-state index is 13.8. The van der Waals surface area contributed by atoms with Crippen molar-refractivity contribution in [3.8, 4) is 17.1 Å². The van der Waals surface area contributed by atoms with Crippen LogP contribution in [-0.4, -0.2) is 63.9 Å². The van der Waals surface area contributed by atoms with E-state index in [4.69, 9.17) is 9.26 Å². The van der Waals surface area contributed by atoms with Crippen LogP contribution in [-0.2, 0) is 0 Å². The van der Waals surface area contributed by atoms with Crippen LogP contribution >= 0.6 is 12.4 Å². The Morgan fingerprint density at radius 3 is 2.76 bits per heavy atom. The summed E-state index contributed by atoms with van der Waals surface area (Å²) in [6.07, 6.45) is 2.21. The molecule has 3 rings (SSSR count). The van der Waals surface area contributed by atoms with Gasteiger partial charge in [0.25, 0.3) is 5.91 Å². The molecule has 1 aromatic heterocycles. The number of methoxy groups -OCH3 is 1. The van der Waals surface area contributed by atoms with Crippen LogP contribution < -0.4 is 15.0 Å². The molecule has 0 radical (unpaired) electrons. The molecule has 1 N–H and O–H groups in total. The maximum Gasteiger partial charge on any atom is 0.261 e. The average molecular weight is 427 g/mol. The number of aromatic nitrogens is 1. The number of carbonyl (C=O) groups excluding carboxylic acids is 1. The average Bonchev–Trinajstić information content (AvgIpc) is 3.14. The summed E-state index contributed by atoms with van der Waals surface area (Å²) < 4.78 is 24.4. The molecule has 7 nitrogen and oxygen atoms in total. The van der Waals surface area contributed by atoms with Gasteiger partial charge in [-0.3, -0.25) is 4.79 Å². The van der Waals surface area contributed by atoms with Crippen LogP contribution in [0.15, 0.2) is 22.7 Å². The fraction of sp³-hybridized carbons (Fsp3) is 0.500. The molecule has 1 fully saturated rings. The molecular weight excluding hydrogens is 399 g/mol. The quantitative estimate of drug-likeness (QED) is 0.765. The highest BCUT2D eigenvalue weighted by molar-refractivity contribution is 6.04. The molecular formula is C20H28ClFN4O3. The largest absolute Gasteiger partial charge is 0.494 e. The first-order chi connectivity index (χ1) is 13.4. The molecule has 1 amide bonds. The number of ether oxygens (including phenoxy) is 1. The Hall–Kier alpha value is -2.32. The summed E-state index contributed by atoms with van der Waals surface area (Å²) in [6.45, 7) is 2.58. The van der Waals surface area contributed by atoms with Crippen molar-refractivity contribution < 1.29 is 18.4 Å². The third-order valence-electron chi connectivity index (χ3n) is 5.00. The summed E-state index contributed by atoms with van der Waals surface area (Å²) >= 11 is 0. The Labute approximate surface area is 176 Å². The van der Waals surface area contributed by atoms with Gasteiger partial charge in [-0.2, -0.15) is 0 Å². The summed E-state index contributed by atoms with van der Waals surface area (Å²) in [5.74, 6) is 0.597. The molecule has 0 aliphatic carbocycles. The van der Waals surface area contributed by atoms with Crippen molar-refractivity contribution in [2.45, 2.75) is 12.8 Å². The van der Waals surface area contributed by atoms with Gasteiger partial charge < -0.3 is 24.4 Å². The summed E-state index contributed by atoms with van der Waals surface area (Å²) in [5, 5.41) is 7.45. The third kappa shape index (κ3) is 5.00. The zero-order chi connectivity index (χ0) is 20.3. The van der Waals surface area contributed by atoms with Gasteiger partial charge in [-0.25, -0.2) is 4.39 Å². The number of rotatable bonds is 6. The maximum absolute atomic E-state index is 13.8. The molecule has 2 heterocycles. The molecule has 2 aromatic rings. The molecule has 29 heavy (non-hydrogen) atoms. The number of piperidine rings is 1. The van der Waals surface area contributed by atoms with Crippen LogP contribution in [0.1, 0.15) is 23.2 Å². The molecule has 0 saturated carbocycles. The molecule has 0 bridgehead atoms. The van der Waals surface area contributed by atoms with Gasteiger partial charge in [0.2, 0.25) is 0 Å². The molecule has 0 spiro atoms. The summed E-state index contributed by atoms with van der Waals surface area (Å²) in [5.41, 5.74) is 0.903. The fourth-order valence-electron chi connectivity index (χ4n) is 3.52. The van der Waals surface area contributed by atoms with E-state index >= 15 is 0 Å². The van der Waals surface area contributed by atoms with E-state index in [-0.39, 0.29) is 24.1 Å². The van der Waals surface area contributed by atoms with Gasteiger partial charge >= 0.3 is 0 Å². The number of nitrogens with zero attached hydrogens (tertiary/aromatic N) is 3. The first kappa shape index (κ1) is 23.0. The summed E-state index contributed by atoms with van der Waals surface area (Å²) in [7, 11) is 6.79. The molecule has 1 aromatic carbocycles. The molecule has 1 saturated heterocycles. The van der Waals surface area contributed by atoms with Crippen LogP contribution in [0.3, 0.4) is 0 Å². The summed E-state index contributed by atoms with van der Waals surface area (Å²) in [6, 6.07) is 4.36. The first-order valence-electron chi connectivity index (χ1n) is 9.39. The van der Waals surface area contributed by atoms with Gasteiger partial charge in [0.05, 0.1) is 7.11 Å². The first-order valence-corrected chi connectivity index (χ1v) is 9.39. The Morgan fingerprint density at radius 1 is 1.38 bits per heavy atom. The highest BCUT2D eigenvalue weighted by Crippen LogP contribution is 2.34. The number of nitrogens with one attached hydrogen (secondary N) is 1. The van der Waals surface area contributed by atoms with Gasteiger partial charge in [-0.1, -0.05) is 5.16 Å². The molecule has 1 aliphatic heterocycles. The second-order valence-electron chi connectivity index (χ2n) is 7.35. The number of carbonyl (C=O) groups is 1. The fourth-order valence-corrected chi connectivity index (χ4v) is 3.52. The van der Waals surface area contributed by atoms with Crippen molar-refractivity contribution >= 4 is 24.1 Å². The normalized spacial score (nSPS) is 16.1. The Balaban J connectivity index is 0.00000300. The minimum Gasteiger partial charge on any atom is -0.494 e. The Bertz CT molecular complexity index is 837. The second kappa shape index (κ2) is 9.93. The lowest BCUT2D eigenvalue weighted by atomic mass is 9.98. The van der Waals surface area contributed by atoms with E-state index in [2.05, 4.69) is 10.5 Å². The lowest BCUT2D eigenvalue weighted by molar-refractivity contribution is 0.0765. The van der Waals surface area contributed by atoms with E-state index in [9.17, 15) is 9.18 Å². The Morgan fingerprint density at radius 2 is 2.14 bits per heavy atom. The highest BCUT2D eigenvalue weighted by atomic mass is 35.5. The van der Waals surface area contributed by atoms with Crippen LogP contribution in [0.4, 0.5) is 10.2 Å². The van der Waals surface area contributed by atoms with E-state index < -0.39 is 5.82 Å². The zero-order valence-corrected chi connectivity index (χ0v) is 18.0. The summed E-state index contributed by atoms with van der Waals surface area (Å²) in [4.78, 5) is 16.7. The van der Waals surface area contributed by atoms with E-state index in [1.807, 2.05) is 0 Å². The highest BCUT2D eigenvalue weighted by Gasteiger charge is 2.29. The van der Waals surface area contributed by atoms with Gasteiger partial charge in [-0.05, 0) is 50.0 Å². The molecule has 1 unspecified atom stereocenters. The number of hydrogen-bond acceptors (Lipinski definition) is 6. The number of benzene rings is 1. The van der Waals surface area contributed by atoms with E-state index in [0.717, 1.165) is 25.9 Å². The van der Waals surface area contributed by atoms with Crippen molar-refractivity contribution in [3.05, 3.63) is 29.6 Å². The van der Waals surface area contributed by atoms with Gasteiger partial charge in [0.1, 0.15) is 5.56 Å². The van der Waals surface area contributed by atoms with Crippen LogP contribution in [0.5, 0.6) is 5.75 Å². The number of halogens is 2. The molecule has 1 atom stereocenters. The van der Waals surface area contributed by atoms with Crippen LogP contribution in [0.2, 0.25) is 0 Å². The number of amides is 1. The van der Waals surface area contributed by atoms with Crippen molar-refractivity contribution in [3.63, 3.8) is 0 Å². The Kier molecular flexibility index (Phi) is 7.87. The standard InChI is InChI=1S/C20H27FN4O3.ClH/c1-24(2)19-17(20(26)25(3)12-13-6-5-9-22-11-13)18(28-23-19)14-7-8-15(21)16(10-14)27-4;/h7-8,10,13,22H,5-6,9,11-12H2,1-4H3;1H.